The first-order valence-corrected chi connectivity index (χ1v) is 8.60. The molecule has 0 atom stereocenters. The van der Waals surface area contributed by atoms with Crippen molar-refractivity contribution in [3.8, 4) is 0 Å². The van der Waals surface area contributed by atoms with E-state index in [4.69, 9.17) is 23.2 Å². The Morgan fingerprint density at radius 3 is 2.29 bits per heavy atom. The number of nitrogens with zero attached hydrogens (tertiary/aromatic N) is 2. The molecule has 2 aromatic rings. The minimum atomic E-state index is -0.0654. The predicted octanol–water partition coefficient (Wildman–Crippen LogP) is 4.66. The summed E-state index contributed by atoms with van der Waals surface area (Å²) in [6.07, 6.45) is 0. The molecule has 1 heterocycles. The second-order valence-electron chi connectivity index (χ2n) is 5.90. The maximum atomic E-state index is 12.4. The smallest absolute Gasteiger partial charge is 0.321 e. The van der Waals surface area contributed by atoms with Crippen molar-refractivity contribution < 1.29 is 4.79 Å². The van der Waals surface area contributed by atoms with Crippen LogP contribution in [0.1, 0.15) is 5.56 Å². The fourth-order valence-corrected chi connectivity index (χ4v) is 3.33. The number of hydrogen-bond acceptors (Lipinski definition) is 2. The zero-order valence-corrected chi connectivity index (χ0v) is 14.9. The number of piperazine rings is 1. The van der Waals surface area contributed by atoms with Gasteiger partial charge < -0.3 is 15.1 Å². The molecule has 0 radical (unpaired) electrons. The van der Waals surface area contributed by atoms with Crippen LogP contribution >= 0.6 is 23.2 Å². The molecule has 1 aliphatic rings. The molecule has 3 rings (SSSR count). The van der Waals surface area contributed by atoms with E-state index in [2.05, 4.69) is 10.2 Å². The van der Waals surface area contributed by atoms with Gasteiger partial charge in [0.05, 0.1) is 0 Å². The third kappa shape index (κ3) is 4.13. The summed E-state index contributed by atoms with van der Waals surface area (Å²) in [5.74, 6) is 0. The number of carbonyl (C=O) groups is 1. The van der Waals surface area contributed by atoms with E-state index in [0.29, 0.717) is 23.1 Å². The maximum absolute atomic E-state index is 12.4. The first-order valence-electron chi connectivity index (χ1n) is 7.85. The Balaban J connectivity index is 1.59. The molecular weight excluding hydrogens is 345 g/mol. The Morgan fingerprint density at radius 2 is 1.67 bits per heavy atom. The average Bonchev–Trinajstić information content (AvgIpc) is 2.54. The van der Waals surface area contributed by atoms with E-state index in [1.807, 2.05) is 48.2 Å². The van der Waals surface area contributed by atoms with Gasteiger partial charge in [-0.1, -0.05) is 35.3 Å². The van der Waals surface area contributed by atoms with Crippen LogP contribution in [0.4, 0.5) is 16.2 Å². The third-order valence-electron chi connectivity index (χ3n) is 4.05. The molecule has 4 nitrogen and oxygen atoms in total. The molecule has 1 aliphatic heterocycles. The summed E-state index contributed by atoms with van der Waals surface area (Å²) < 4.78 is 0. The first kappa shape index (κ1) is 16.9. The minimum absolute atomic E-state index is 0.0654. The molecule has 2 amide bonds. The van der Waals surface area contributed by atoms with Gasteiger partial charge in [-0.25, -0.2) is 4.79 Å². The van der Waals surface area contributed by atoms with Gasteiger partial charge in [0.1, 0.15) is 0 Å². The molecule has 0 saturated carbocycles. The minimum Gasteiger partial charge on any atom is -0.368 e. The Hall–Kier alpha value is -1.91. The summed E-state index contributed by atoms with van der Waals surface area (Å²) in [6, 6.07) is 13.3. The normalized spacial score (nSPS) is 14.6. The van der Waals surface area contributed by atoms with Gasteiger partial charge >= 0.3 is 6.03 Å². The van der Waals surface area contributed by atoms with E-state index >= 15 is 0 Å². The van der Waals surface area contributed by atoms with Crippen LogP contribution < -0.4 is 10.2 Å². The highest BCUT2D eigenvalue weighted by Gasteiger charge is 2.21. The first-order chi connectivity index (χ1) is 11.5. The van der Waals surface area contributed by atoms with E-state index < -0.39 is 0 Å². The number of carbonyl (C=O) groups excluding carboxylic acids is 1. The summed E-state index contributed by atoms with van der Waals surface area (Å²) in [4.78, 5) is 16.4. The van der Waals surface area contributed by atoms with E-state index in [1.54, 1.807) is 6.07 Å². The maximum Gasteiger partial charge on any atom is 0.321 e. The topological polar surface area (TPSA) is 35.6 Å². The van der Waals surface area contributed by atoms with Gasteiger partial charge in [-0.2, -0.15) is 0 Å². The lowest BCUT2D eigenvalue weighted by molar-refractivity contribution is 0.208. The lowest BCUT2D eigenvalue weighted by Crippen LogP contribution is -2.50. The van der Waals surface area contributed by atoms with Gasteiger partial charge in [0.2, 0.25) is 0 Å². The highest BCUT2D eigenvalue weighted by atomic mass is 35.5. The zero-order valence-electron chi connectivity index (χ0n) is 13.4. The quantitative estimate of drug-likeness (QED) is 0.842. The van der Waals surface area contributed by atoms with Crippen molar-refractivity contribution in [2.24, 2.45) is 0 Å². The SMILES string of the molecule is Cc1cccc(NC(=O)N2CCN(c3cc(Cl)cc(Cl)c3)CC2)c1. The Bertz CT molecular complexity index is 723. The molecule has 1 N–H and O–H groups in total. The summed E-state index contributed by atoms with van der Waals surface area (Å²) in [5, 5.41) is 4.20. The summed E-state index contributed by atoms with van der Waals surface area (Å²) >= 11 is 12.1. The van der Waals surface area contributed by atoms with Crippen LogP contribution in [-0.2, 0) is 0 Å². The number of halogens is 2. The van der Waals surface area contributed by atoms with Crippen molar-refractivity contribution in [3.05, 3.63) is 58.1 Å². The van der Waals surface area contributed by atoms with Crippen molar-refractivity contribution in [2.45, 2.75) is 6.92 Å². The third-order valence-corrected chi connectivity index (χ3v) is 4.49. The lowest BCUT2D eigenvalue weighted by atomic mass is 10.2. The monoisotopic (exact) mass is 363 g/mol. The summed E-state index contributed by atoms with van der Waals surface area (Å²) in [5.41, 5.74) is 2.94. The standard InChI is InChI=1S/C18H19Cl2N3O/c1-13-3-2-4-16(9-13)21-18(24)23-7-5-22(6-8-23)17-11-14(19)10-15(20)12-17/h2-4,9-12H,5-8H2,1H3,(H,21,24). The molecule has 0 aliphatic carbocycles. The molecule has 1 saturated heterocycles. The van der Waals surface area contributed by atoms with Crippen LogP contribution in [0.5, 0.6) is 0 Å². The Morgan fingerprint density at radius 1 is 1.00 bits per heavy atom. The summed E-state index contributed by atoms with van der Waals surface area (Å²) in [7, 11) is 0. The van der Waals surface area contributed by atoms with Crippen LogP contribution in [0.15, 0.2) is 42.5 Å². The molecule has 0 spiro atoms. The number of amides is 2. The molecule has 0 aromatic heterocycles. The van der Waals surface area contributed by atoms with E-state index in [0.717, 1.165) is 30.0 Å². The Kier molecular flexibility index (Phi) is 5.17. The number of rotatable bonds is 2. The van der Waals surface area contributed by atoms with Crippen LogP contribution in [0.3, 0.4) is 0 Å². The number of benzene rings is 2. The highest BCUT2D eigenvalue weighted by Crippen LogP contribution is 2.26. The van der Waals surface area contributed by atoms with E-state index in [1.165, 1.54) is 0 Å². The predicted molar refractivity (Wildman–Crippen MR) is 100 cm³/mol. The van der Waals surface area contributed by atoms with Crippen LogP contribution in [-0.4, -0.2) is 37.1 Å². The average molecular weight is 364 g/mol. The second-order valence-corrected chi connectivity index (χ2v) is 6.77. The fourth-order valence-electron chi connectivity index (χ4n) is 2.81. The van der Waals surface area contributed by atoms with Crippen molar-refractivity contribution in [1.82, 2.24) is 4.90 Å². The van der Waals surface area contributed by atoms with E-state index in [-0.39, 0.29) is 6.03 Å². The van der Waals surface area contributed by atoms with Gasteiger partial charge in [-0.15, -0.1) is 0 Å². The second kappa shape index (κ2) is 7.32. The Labute approximate surface area is 152 Å². The van der Waals surface area contributed by atoms with Crippen molar-refractivity contribution in [3.63, 3.8) is 0 Å². The van der Waals surface area contributed by atoms with Crippen molar-refractivity contribution in [1.29, 1.82) is 0 Å². The van der Waals surface area contributed by atoms with Crippen LogP contribution in [0.2, 0.25) is 10.0 Å². The van der Waals surface area contributed by atoms with Gasteiger partial charge in [-0.3, -0.25) is 0 Å². The molecule has 2 aromatic carbocycles. The van der Waals surface area contributed by atoms with Gasteiger partial charge in [0.25, 0.3) is 0 Å². The molecule has 126 valence electrons. The van der Waals surface area contributed by atoms with Crippen molar-refractivity contribution in [2.75, 3.05) is 36.4 Å². The largest absolute Gasteiger partial charge is 0.368 e. The zero-order chi connectivity index (χ0) is 17.1. The van der Waals surface area contributed by atoms with Crippen LogP contribution in [0, 0.1) is 6.92 Å². The summed E-state index contributed by atoms with van der Waals surface area (Å²) in [6.45, 7) is 4.81. The number of urea groups is 1. The van der Waals surface area contributed by atoms with Crippen LogP contribution in [0.25, 0.3) is 0 Å². The number of anilines is 2. The number of hydrogen-bond donors (Lipinski definition) is 1. The van der Waals surface area contributed by atoms with Gasteiger partial charge in [-0.05, 0) is 42.8 Å². The molecule has 0 bridgehead atoms. The number of aryl methyl sites for hydroxylation is 1. The number of nitrogens with one attached hydrogen (secondary N) is 1. The molecule has 1 fully saturated rings. The fraction of sp³-hybridized carbons (Fsp3) is 0.278. The van der Waals surface area contributed by atoms with Crippen molar-refractivity contribution >= 4 is 40.6 Å². The lowest BCUT2D eigenvalue weighted by Gasteiger charge is -2.36. The highest BCUT2D eigenvalue weighted by molar-refractivity contribution is 6.35. The van der Waals surface area contributed by atoms with Gasteiger partial charge in [0, 0.05) is 47.6 Å². The van der Waals surface area contributed by atoms with Gasteiger partial charge in [0.15, 0.2) is 0 Å². The molecular formula is C18H19Cl2N3O. The molecule has 6 heteroatoms. The molecule has 0 unspecified atom stereocenters. The van der Waals surface area contributed by atoms with E-state index in [9.17, 15) is 4.79 Å². The molecule has 24 heavy (non-hydrogen) atoms.